The number of carbonyl (C=O) groups excluding carboxylic acids is 1. The number of nitrogens with zero attached hydrogens (tertiary/aromatic N) is 1. The van der Waals surface area contributed by atoms with Crippen LogP contribution in [0.25, 0.3) is 32.9 Å². The fraction of sp³-hybridized carbons (Fsp3) is 0.0741. The summed E-state index contributed by atoms with van der Waals surface area (Å²) in [6.45, 7) is 0.188. The minimum absolute atomic E-state index is 0.188. The van der Waals surface area contributed by atoms with Crippen LogP contribution < -0.4 is 10.5 Å². The molecule has 1 amide bonds. The lowest BCUT2D eigenvalue weighted by Gasteiger charge is -2.11. The average molecular weight is 458 g/mol. The van der Waals surface area contributed by atoms with Gasteiger partial charge in [-0.2, -0.15) is 0 Å². The van der Waals surface area contributed by atoms with Crippen LogP contribution in [0.4, 0.5) is 4.39 Å². The molecule has 33 heavy (non-hydrogen) atoms. The molecule has 0 saturated heterocycles. The molecule has 1 radical (unpaired) electrons. The molecule has 0 unspecified atom stereocenters. The lowest BCUT2D eigenvalue weighted by molar-refractivity contribution is 0.100. The van der Waals surface area contributed by atoms with Gasteiger partial charge in [0.25, 0.3) is 0 Å². The summed E-state index contributed by atoms with van der Waals surface area (Å²) in [7, 11) is 1.62. The molecule has 5 aromatic rings. The smallest absolute Gasteiger partial charge is 0.249 e. The van der Waals surface area contributed by atoms with E-state index < -0.39 is 5.91 Å². The number of rotatable bonds is 5. The number of primary amides is 1. The van der Waals surface area contributed by atoms with Gasteiger partial charge in [-0.3, -0.25) is 4.79 Å². The van der Waals surface area contributed by atoms with E-state index >= 15 is 0 Å². The number of nitrogens with two attached hydrogens (primary N) is 1. The van der Waals surface area contributed by atoms with Gasteiger partial charge in [-0.1, -0.05) is 35.9 Å². The van der Waals surface area contributed by atoms with E-state index in [-0.39, 0.29) is 12.4 Å². The Bertz CT molecular complexity index is 1500. The number of aromatic nitrogens is 1. The highest BCUT2D eigenvalue weighted by Gasteiger charge is 2.19. The molecular weight excluding hydrogens is 439 g/mol. The normalized spacial score (nSPS) is 11.2. The number of amides is 1. The molecule has 5 rings (SSSR count). The van der Waals surface area contributed by atoms with Crippen molar-refractivity contribution >= 4 is 39.3 Å². The second kappa shape index (κ2) is 8.26. The van der Waals surface area contributed by atoms with Gasteiger partial charge in [-0.15, -0.1) is 0 Å². The summed E-state index contributed by atoms with van der Waals surface area (Å²) in [6, 6.07) is 24.9. The van der Waals surface area contributed by atoms with Gasteiger partial charge in [-0.05, 0) is 65.7 Å². The standard InChI is InChI=1S/C27H19ClFN2O2/c1-33-18-11-8-16(9-12-18)17-10-13-19-25(14-17)31(15-21-22(28)5-3-6-23(21)29)24-7-2-4-20(26(19)24)27(30)32/h2-12,14H,15H2,1H3,(H2,30,32). The largest absolute Gasteiger partial charge is 0.497 e. The number of ether oxygens (including phenoxy) is 1. The number of benzene rings is 4. The van der Waals surface area contributed by atoms with Gasteiger partial charge in [0.2, 0.25) is 5.91 Å². The van der Waals surface area contributed by atoms with E-state index in [2.05, 4.69) is 6.07 Å². The monoisotopic (exact) mass is 457 g/mol. The molecule has 1 heterocycles. The van der Waals surface area contributed by atoms with Gasteiger partial charge in [-0.25, -0.2) is 4.39 Å². The minimum Gasteiger partial charge on any atom is -0.497 e. The van der Waals surface area contributed by atoms with Crippen molar-refractivity contribution in [1.29, 1.82) is 0 Å². The first kappa shape index (κ1) is 21.0. The van der Waals surface area contributed by atoms with E-state index in [4.69, 9.17) is 22.1 Å². The van der Waals surface area contributed by atoms with Gasteiger partial charge in [0, 0.05) is 26.9 Å². The van der Waals surface area contributed by atoms with Crippen molar-refractivity contribution in [2.45, 2.75) is 6.54 Å². The Balaban J connectivity index is 1.79. The highest BCUT2D eigenvalue weighted by Crippen LogP contribution is 2.36. The van der Waals surface area contributed by atoms with Gasteiger partial charge in [0.05, 0.1) is 24.7 Å². The zero-order valence-electron chi connectivity index (χ0n) is 17.7. The molecule has 163 valence electrons. The Morgan fingerprint density at radius 3 is 2.52 bits per heavy atom. The zero-order chi connectivity index (χ0) is 23.1. The summed E-state index contributed by atoms with van der Waals surface area (Å²) in [5, 5.41) is 1.77. The molecule has 4 nitrogen and oxygen atoms in total. The third-order valence-corrected chi connectivity index (χ3v) is 6.22. The Hall–Kier alpha value is -3.83. The van der Waals surface area contributed by atoms with Crippen molar-refractivity contribution in [3.63, 3.8) is 0 Å². The van der Waals surface area contributed by atoms with E-state index in [1.807, 2.05) is 47.0 Å². The first-order valence-electron chi connectivity index (χ1n) is 10.3. The van der Waals surface area contributed by atoms with E-state index in [0.29, 0.717) is 21.5 Å². The van der Waals surface area contributed by atoms with Gasteiger partial charge in [0.15, 0.2) is 0 Å². The van der Waals surface area contributed by atoms with Crippen LogP contribution in [0.15, 0.2) is 72.8 Å². The van der Waals surface area contributed by atoms with Crippen LogP contribution in [0.3, 0.4) is 0 Å². The third-order valence-electron chi connectivity index (χ3n) is 5.86. The number of carbonyl (C=O) groups is 1. The van der Waals surface area contributed by atoms with Crippen molar-refractivity contribution in [2.75, 3.05) is 7.11 Å². The second-order valence-corrected chi connectivity index (χ2v) is 8.13. The average Bonchev–Trinajstić information content (AvgIpc) is 3.14. The molecule has 0 aliphatic rings. The first-order valence-corrected chi connectivity index (χ1v) is 10.7. The Kier molecular flexibility index (Phi) is 5.27. The number of hydrogen-bond donors (Lipinski definition) is 1. The summed E-state index contributed by atoms with van der Waals surface area (Å²) < 4.78 is 21.9. The van der Waals surface area contributed by atoms with Crippen molar-refractivity contribution in [2.24, 2.45) is 5.73 Å². The molecule has 2 N–H and O–H groups in total. The van der Waals surface area contributed by atoms with Gasteiger partial charge < -0.3 is 15.0 Å². The summed E-state index contributed by atoms with van der Waals surface area (Å²) in [4.78, 5) is 12.2. The first-order chi connectivity index (χ1) is 16.0. The molecule has 0 aliphatic carbocycles. The van der Waals surface area contributed by atoms with Crippen LogP contribution in [0.1, 0.15) is 15.9 Å². The molecule has 6 heteroatoms. The van der Waals surface area contributed by atoms with Crippen LogP contribution in [0.2, 0.25) is 5.02 Å². The summed E-state index contributed by atoms with van der Waals surface area (Å²) in [5.74, 6) is -0.159. The molecule has 0 fully saturated rings. The van der Waals surface area contributed by atoms with E-state index in [9.17, 15) is 9.18 Å². The molecular formula is C27H19ClFN2O2. The number of methoxy groups -OCH3 is 1. The maximum Gasteiger partial charge on any atom is 0.249 e. The maximum absolute atomic E-state index is 14.7. The maximum atomic E-state index is 14.7. The van der Waals surface area contributed by atoms with Gasteiger partial charge in [0.1, 0.15) is 11.6 Å². The summed E-state index contributed by atoms with van der Waals surface area (Å²) in [5.41, 5.74) is 9.89. The van der Waals surface area contributed by atoms with Crippen molar-refractivity contribution in [3.05, 3.63) is 101 Å². The van der Waals surface area contributed by atoms with Crippen molar-refractivity contribution in [1.82, 2.24) is 4.57 Å². The highest BCUT2D eigenvalue weighted by atomic mass is 35.5. The van der Waals surface area contributed by atoms with Crippen molar-refractivity contribution < 1.29 is 13.9 Å². The van der Waals surface area contributed by atoms with E-state index in [1.54, 1.807) is 31.4 Å². The van der Waals surface area contributed by atoms with Gasteiger partial charge >= 0.3 is 0 Å². The van der Waals surface area contributed by atoms with E-state index in [0.717, 1.165) is 33.3 Å². The second-order valence-electron chi connectivity index (χ2n) is 7.73. The topological polar surface area (TPSA) is 57.2 Å². The van der Waals surface area contributed by atoms with E-state index in [1.165, 1.54) is 6.07 Å². The predicted octanol–water partition coefficient (Wildman–Crippen LogP) is 6.21. The fourth-order valence-electron chi connectivity index (χ4n) is 4.22. The minimum atomic E-state index is -0.531. The Labute approximate surface area is 195 Å². The number of hydrogen-bond acceptors (Lipinski definition) is 2. The summed E-state index contributed by atoms with van der Waals surface area (Å²) in [6.07, 6.45) is 0. The molecule has 0 spiro atoms. The third kappa shape index (κ3) is 3.60. The predicted molar refractivity (Wildman–Crippen MR) is 129 cm³/mol. The van der Waals surface area contributed by atoms with Crippen LogP contribution >= 0.6 is 11.6 Å². The van der Waals surface area contributed by atoms with Crippen molar-refractivity contribution in [3.8, 4) is 16.9 Å². The molecule has 0 bridgehead atoms. The Morgan fingerprint density at radius 2 is 1.82 bits per heavy atom. The number of fused-ring (bicyclic) bond motifs is 3. The number of halogens is 2. The molecule has 4 aromatic carbocycles. The Morgan fingerprint density at radius 1 is 1.06 bits per heavy atom. The fourth-order valence-corrected chi connectivity index (χ4v) is 4.45. The lowest BCUT2D eigenvalue weighted by Crippen LogP contribution is -2.11. The molecule has 1 aromatic heterocycles. The molecule has 0 atom stereocenters. The SMILES string of the molecule is COc1ccc(-c2c[c]c3c4c(C(N)=O)cccc4n(Cc4c(F)cccc4Cl)c3c2)cc1. The van der Waals surface area contributed by atoms with Crippen LogP contribution in [0.5, 0.6) is 5.75 Å². The lowest BCUT2D eigenvalue weighted by atomic mass is 10.0. The molecule has 0 saturated carbocycles. The zero-order valence-corrected chi connectivity index (χ0v) is 18.5. The quantitative estimate of drug-likeness (QED) is 0.341. The van der Waals surface area contributed by atoms with Crippen LogP contribution in [-0.2, 0) is 6.54 Å². The van der Waals surface area contributed by atoms with Crippen LogP contribution in [0, 0.1) is 11.9 Å². The summed E-state index contributed by atoms with van der Waals surface area (Å²) >= 11 is 6.34. The molecule has 0 aliphatic heterocycles. The highest BCUT2D eigenvalue weighted by molar-refractivity contribution is 6.31. The van der Waals surface area contributed by atoms with Crippen LogP contribution in [-0.4, -0.2) is 17.6 Å².